The Kier molecular flexibility index (Phi) is 6.40. The molecule has 0 amide bonds. The van der Waals surface area contributed by atoms with E-state index in [2.05, 4.69) is 129 Å². The summed E-state index contributed by atoms with van der Waals surface area (Å²) in [5, 5.41) is 2.72. The molecule has 0 spiro atoms. The van der Waals surface area contributed by atoms with Crippen molar-refractivity contribution < 1.29 is 9.31 Å². The van der Waals surface area contributed by atoms with Gasteiger partial charge in [0.1, 0.15) is 47.1 Å². The number of fused-ring (bicyclic) bond motifs is 1. The third-order valence-electron chi connectivity index (χ3n) is 9.26. The molecule has 0 aliphatic carbocycles. The van der Waals surface area contributed by atoms with Gasteiger partial charge in [0.15, 0.2) is 0 Å². The first kappa shape index (κ1) is 26.1. The van der Waals surface area contributed by atoms with Crippen molar-refractivity contribution in [2.75, 3.05) is 0 Å². The van der Waals surface area contributed by atoms with Crippen molar-refractivity contribution in [3.63, 3.8) is 0 Å². The lowest BCUT2D eigenvalue weighted by Gasteiger charge is -2.32. The highest BCUT2D eigenvalue weighted by molar-refractivity contribution is 6.68. The molecule has 4 aromatic carbocycles. The Morgan fingerprint density at radius 3 is 1.51 bits per heavy atom. The predicted molar refractivity (Wildman–Crippen MR) is 180 cm³/mol. The SMILES string of the molecule is Bc1c(B)c(-c2cccc(B3OC(C)(C)C(C)(C)O3)c2)c2c(B)c(B)c(B)c(-c3ccccc3)c2c1B. The van der Waals surface area contributed by atoms with Gasteiger partial charge < -0.3 is 9.31 Å². The van der Waals surface area contributed by atoms with Gasteiger partial charge in [-0.25, -0.2) is 0 Å². The Labute approximate surface area is 227 Å². The van der Waals surface area contributed by atoms with Gasteiger partial charge in [0.2, 0.25) is 0 Å². The van der Waals surface area contributed by atoms with Crippen LogP contribution in [0.15, 0.2) is 54.6 Å². The summed E-state index contributed by atoms with van der Waals surface area (Å²) in [4.78, 5) is 0. The Morgan fingerprint density at radius 1 is 0.541 bits per heavy atom. The fourth-order valence-electron chi connectivity index (χ4n) is 5.83. The summed E-state index contributed by atoms with van der Waals surface area (Å²) in [7, 11) is 13.3. The number of benzene rings is 4. The molecule has 1 aliphatic heterocycles. The van der Waals surface area contributed by atoms with Crippen LogP contribution in [0.2, 0.25) is 0 Å². The van der Waals surface area contributed by atoms with Gasteiger partial charge in [0.05, 0.1) is 11.2 Å². The fourth-order valence-corrected chi connectivity index (χ4v) is 5.83. The smallest absolute Gasteiger partial charge is 0.399 e. The van der Waals surface area contributed by atoms with Gasteiger partial charge in [-0.15, -0.1) is 10.9 Å². The molecule has 5 rings (SSSR count). The van der Waals surface area contributed by atoms with E-state index >= 15 is 0 Å². The third-order valence-corrected chi connectivity index (χ3v) is 9.26. The van der Waals surface area contributed by atoms with Crippen LogP contribution in [-0.2, 0) is 9.31 Å². The average molecular weight is 477 g/mol. The normalized spacial score (nSPS) is 16.4. The largest absolute Gasteiger partial charge is 0.494 e. The lowest BCUT2D eigenvalue weighted by atomic mass is 9.60. The Bertz CT molecular complexity index is 1530. The molecule has 1 saturated heterocycles. The Hall–Kier alpha value is -2.49. The minimum absolute atomic E-state index is 0.369. The topological polar surface area (TPSA) is 18.5 Å². The van der Waals surface area contributed by atoms with E-state index in [9.17, 15) is 0 Å². The van der Waals surface area contributed by atoms with Crippen LogP contribution in [0.25, 0.3) is 33.0 Å². The summed E-state index contributed by atoms with van der Waals surface area (Å²) < 4.78 is 12.8. The first-order valence-electron chi connectivity index (χ1n) is 13.4. The van der Waals surface area contributed by atoms with Crippen LogP contribution in [-0.4, -0.2) is 65.4 Å². The van der Waals surface area contributed by atoms with Crippen LogP contribution in [0, 0.1) is 0 Å². The monoisotopic (exact) mass is 478 g/mol. The molecule has 2 nitrogen and oxygen atoms in total. The third kappa shape index (κ3) is 4.06. The van der Waals surface area contributed by atoms with Gasteiger partial charge in [-0.05, 0) is 66.2 Å². The van der Waals surface area contributed by atoms with Crippen molar-refractivity contribution in [1.82, 2.24) is 0 Å². The summed E-state index contributed by atoms with van der Waals surface area (Å²) in [5.41, 5.74) is 13.6. The molecular formula is C28H33B7O2. The van der Waals surface area contributed by atoms with Gasteiger partial charge in [-0.1, -0.05) is 76.4 Å². The van der Waals surface area contributed by atoms with E-state index in [1.807, 2.05) is 0 Å². The highest BCUT2D eigenvalue weighted by Crippen LogP contribution is 2.37. The molecule has 0 atom stereocenters. The first-order valence-corrected chi connectivity index (χ1v) is 13.4. The molecule has 0 radical (unpaired) electrons. The molecule has 1 heterocycles. The summed E-state index contributed by atoms with van der Waals surface area (Å²) >= 11 is 0. The zero-order valence-electron chi connectivity index (χ0n) is 24.1. The number of hydrogen-bond donors (Lipinski definition) is 0. The van der Waals surface area contributed by atoms with Crippen LogP contribution in [0.3, 0.4) is 0 Å². The summed E-state index contributed by atoms with van der Waals surface area (Å²) in [6.07, 6.45) is 0. The number of rotatable bonds is 3. The second kappa shape index (κ2) is 9.07. The molecule has 0 N–H and O–H groups in total. The van der Waals surface area contributed by atoms with Crippen molar-refractivity contribution >= 4 is 103 Å². The average Bonchev–Trinajstić information content (AvgIpc) is 3.09. The van der Waals surface area contributed by atoms with E-state index in [0.717, 1.165) is 5.46 Å². The second-order valence-corrected chi connectivity index (χ2v) is 11.8. The molecule has 9 heteroatoms. The van der Waals surface area contributed by atoms with Gasteiger partial charge in [-0.3, -0.25) is 0 Å². The van der Waals surface area contributed by atoms with Gasteiger partial charge in [-0.2, -0.15) is 0 Å². The van der Waals surface area contributed by atoms with Crippen LogP contribution in [0.5, 0.6) is 0 Å². The van der Waals surface area contributed by atoms with Crippen molar-refractivity contribution in [1.29, 1.82) is 0 Å². The molecule has 0 saturated carbocycles. The van der Waals surface area contributed by atoms with Gasteiger partial charge in [0.25, 0.3) is 0 Å². The Morgan fingerprint density at radius 2 is 1.00 bits per heavy atom. The first-order chi connectivity index (χ1) is 17.4. The molecular weight excluding hydrogens is 444 g/mol. The highest BCUT2D eigenvalue weighted by Gasteiger charge is 2.51. The maximum absolute atomic E-state index is 6.41. The van der Waals surface area contributed by atoms with Crippen LogP contribution in [0.4, 0.5) is 0 Å². The number of hydrogen-bond acceptors (Lipinski definition) is 2. The molecule has 178 valence electrons. The molecule has 0 bridgehead atoms. The van der Waals surface area contributed by atoms with Crippen molar-refractivity contribution in [2.45, 2.75) is 38.9 Å². The second-order valence-electron chi connectivity index (χ2n) is 11.8. The van der Waals surface area contributed by atoms with Gasteiger partial charge in [0, 0.05) is 0 Å². The van der Waals surface area contributed by atoms with E-state index in [1.165, 1.54) is 65.8 Å². The van der Waals surface area contributed by atoms with Crippen LogP contribution in [0.1, 0.15) is 27.7 Å². The molecule has 1 aliphatic rings. The minimum Gasteiger partial charge on any atom is -0.399 e. The summed E-state index contributed by atoms with van der Waals surface area (Å²) in [5.74, 6) is 0. The maximum Gasteiger partial charge on any atom is 0.494 e. The highest BCUT2D eigenvalue weighted by atomic mass is 16.7. The molecule has 4 aromatic rings. The van der Waals surface area contributed by atoms with E-state index in [0.29, 0.717) is 0 Å². The van der Waals surface area contributed by atoms with Crippen LogP contribution >= 0.6 is 0 Å². The molecule has 37 heavy (non-hydrogen) atoms. The van der Waals surface area contributed by atoms with E-state index in [1.54, 1.807) is 0 Å². The van der Waals surface area contributed by atoms with Crippen molar-refractivity contribution in [3.8, 4) is 22.3 Å². The standard InChI is InChI=1S/C28H33B7O2/c1-27(2)28(3,4)37-35(36-27)16-12-8-11-15(13-16)18-20-19(23(31)26(34)22(18)30)17(14-9-6-5-7-10-14)21(29)25(33)24(20)32/h5-13H,29-34H2,1-4H3. The molecule has 0 unspecified atom stereocenters. The van der Waals surface area contributed by atoms with Gasteiger partial charge >= 0.3 is 7.12 Å². The fraction of sp³-hybridized carbons (Fsp3) is 0.214. The summed E-state index contributed by atoms with van der Waals surface area (Å²) in [6, 6.07) is 19.6. The van der Waals surface area contributed by atoms with E-state index in [4.69, 9.17) is 9.31 Å². The van der Waals surface area contributed by atoms with Crippen LogP contribution < -0.4 is 38.2 Å². The summed E-state index contributed by atoms with van der Waals surface area (Å²) in [6.45, 7) is 8.43. The zero-order chi connectivity index (χ0) is 26.9. The molecule has 1 fully saturated rings. The zero-order valence-corrected chi connectivity index (χ0v) is 24.1. The minimum atomic E-state index is -0.381. The van der Waals surface area contributed by atoms with E-state index in [-0.39, 0.29) is 18.3 Å². The predicted octanol–water partition coefficient (Wildman–Crippen LogP) is -3.98. The lowest BCUT2D eigenvalue weighted by molar-refractivity contribution is 0.00578. The maximum atomic E-state index is 6.41. The quantitative estimate of drug-likeness (QED) is 0.281. The van der Waals surface area contributed by atoms with E-state index < -0.39 is 0 Å². The van der Waals surface area contributed by atoms with Crippen molar-refractivity contribution in [2.24, 2.45) is 0 Å². The lowest BCUT2D eigenvalue weighted by Crippen LogP contribution is -2.47. The Balaban J connectivity index is 1.82. The van der Waals surface area contributed by atoms with Crippen molar-refractivity contribution in [3.05, 3.63) is 54.6 Å². The molecule has 0 aromatic heterocycles.